The Hall–Kier alpha value is -3.42. The molecule has 0 spiro atoms. The predicted molar refractivity (Wildman–Crippen MR) is 106 cm³/mol. The first-order chi connectivity index (χ1) is 13.5. The lowest BCUT2D eigenvalue weighted by molar-refractivity contribution is -0.145. The molecule has 3 heterocycles. The van der Waals surface area contributed by atoms with Gasteiger partial charge in [0.05, 0.1) is 29.6 Å². The monoisotopic (exact) mass is 378 g/mol. The standard InChI is InChI=1S/C20H22N6O2/c1-12-8-15(11-22-18(12)21)24-19(27)20(28)26-7-3-2-4-17(26)13-5-6-16-14(9-13)10-23-25-16/h5-6,8-11,17H,2-4,7H2,1H3,(H2,21,22)(H,23,25)(H,24,27)/t17-/m0/s1. The number of likely N-dealkylation sites (tertiary alicyclic amines) is 1. The average Bonchev–Trinajstić information content (AvgIpc) is 3.18. The van der Waals surface area contributed by atoms with E-state index in [2.05, 4.69) is 20.5 Å². The fourth-order valence-corrected chi connectivity index (χ4v) is 3.66. The minimum Gasteiger partial charge on any atom is -0.383 e. The molecule has 1 fully saturated rings. The fourth-order valence-electron chi connectivity index (χ4n) is 3.66. The van der Waals surface area contributed by atoms with Gasteiger partial charge in [0.2, 0.25) is 0 Å². The number of amides is 2. The first-order valence-corrected chi connectivity index (χ1v) is 9.30. The molecule has 4 rings (SSSR count). The van der Waals surface area contributed by atoms with Gasteiger partial charge in [0, 0.05) is 11.9 Å². The summed E-state index contributed by atoms with van der Waals surface area (Å²) in [5, 5.41) is 10.6. The Balaban J connectivity index is 1.55. The van der Waals surface area contributed by atoms with Crippen molar-refractivity contribution in [3.8, 4) is 0 Å². The molecule has 1 atom stereocenters. The number of nitrogens with one attached hydrogen (secondary N) is 2. The van der Waals surface area contributed by atoms with Crippen LogP contribution < -0.4 is 11.1 Å². The summed E-state index contributed by atoms with van der Waals surface area (Å²) in [7, 11) is 0. The van der Waals surface area contributed by atoms with Gasteiger partial charge in [-0.25, -0.2) is 4.98 Å². The maximum atomic E-state index is 12.9. The maximum Gasteiger partial charge on any atom is 0.313 e. The lowest BCUT2D eigenvalue weighted by Gasteiger charge is -2.35. The quantitative estimate of drug-likeness (QED) is 0.593. The van der Waals surface area contributed by atoms with Gasteiger partial charge in [0.15, 0.2) is 0 Å². The van der Waals surface area contributed by atoms with Crippen molar-refractivity contribution >= 4 is 34.2 Å². The molecule has 0 bridgehead atoms. The molecule has 4 N–H and O–H groups in total. The highest BCUT2D eigenvalue weighted by molar-refractivity contribution is 6.39. The average molecular weight is 378 g/mol. The summed E-state index contributed by atoms with van der Waals surface area (Å²) < 4.78 is 0. The van der Waals surface area contributed by atoms with Crippen LogP contribution in [0.4, 0.5) is 11.5 Å². The summed E-state index contributed by atoms with van der Waals surface area (Å²) >= 11 is 0. The highest BCUT2D eigenvalue weighted by Crippen LogP contribution is 2.32. The molecule has 1 aliphatic heterocycles. The second-order valence-electron chi connectivity index (χ2n) is 7.11. The first-order valence-electron chi connectivity index (χ1n) is 9.30. The molecule has 0 saturated carbocycles. The number of fused-ring (bicyclic) bond motifs is 1. The molecule has 28 heavy (non-hydrogen) atoms. The van der Waals surface area contributed by atoms with E-state index in [9.17, 15) is 9.59 Å². The zero-order chi connectivity index (χ0) is 19.7. The summed E-state index contributed by atoms with van der Waals surface area (Å²) in [5.74, 6) is -0.802. The summed E-state index contributed by atoms with van der Waals surface area (Å²) in [6.45, 7) is 2.35. The van der Waals surface area contributed by atoms with Crippen molar-refractivity contribution in [3.63, 3.8) is 0 Å². The number of aromatic amines is 1. The second-order valence-corrected chi connectivity index (χ2v) is 7.11. The number of nitrogen functional groups attached to an aromatic ring is 1. The summed E-state index contributed by atoms with van der Waals surface area (Å²) in [6, 6.07) is 7.55. The van der Waals surface area contributed by atoms with E-state index < -0.39 is 11.8 Å². The van der Waals surface area contributed by atoms with E-state index in [-0.39, 0.29) is 6.04 Å². The van der Waals surface area contributed by atoms with Gasteiger partial charge in [-0.15, -0.1) is 0 Å². The fraction of sp³-hybridized carbons (Fsp3) is 0.300. The Morgan fingerprint density at radius 3 is 2.93 bits per heavy atom. The largest absolute Gasteiger partial charge is 0.383 e. The van der Waals surface area contributed by atoms with Gasteiger partial charge in [0.25, 0.3) is 0 Å². The number of hydrogen-bond donors (Lipinski definition) is 3. The third-order valence-electron chi connectivity index (χ3n) is 5.18. The molecule has 8 heteroatoms. The van der Waals surface area contributed by atoms with Crippen molar-refractivity contribution in [1.82, 2.24) is 20.1 Å². The number of aryl methyl sites for hydroxylation is 1. The van der Waals surface area contributed by atoms with E-state index in [1.165, 1.54) is 6.20 Å². The van der Waals surface area contributed by atoms with Crippen LogP contribution in [-0.2, 0) is 9.59 Å². The van der Waals surface area contributed by atoms with Crippen molar-refractivity contribution in [1.29, 1.82) is 0 Å². The zero-order valence-electron chi connectivity index (χ0n) is 15.6. The lowest BCUT2D eigenvalue weighted by Crippen LogP contribution is -2.44. The molecule has 3 aromatic rings. The third kappa shape index (κ3) is 3.40. The number of pyridine rings is 1. The molecule has 0 radical (unpaired) electrons. The zero-order valence-corrected chi connectivity index (χ0v) is 15.6. The molecule has 144 valence electrons. The number of anilines is 2. The van der Waals surface area contributed by atoms with Crippen LogP contribution in [0.25, 0.3) is 10.9 Å². The van der Waals surface area contributed by atoms with Crippen molar-refractivity contribution in [2.45, 2.75) is 32.2 Å². The maximum absolute atomic E-state index is 12.9. The van der Waals surface area contributed by atoms with Crippen molar-refractivity contribution in [3.05, 3.63) is 47.8 Å². The van der Waals surface area contributed by atoms with E-state index in [1.807, 2.05) is 18.2 Å². The van der Waals surface area contributed by atoms with Crippen molar-refractivity contribution in [2.75, 3.05) is 17.6 Å². The van der Waals surface area contributed by atoms with E-state index in [0.29, 0.717) is 18.1 Å². The predicted octanol–water partition coefficient (Wildman–Crippen LogP) is 2.54. The van der Waals surface area contributed by atoms with E-state index in [4.69, 9.17) is 5.73 Å². The van der Waals surface area contributed by atoms with Crippen LogP contribution in [-0.4, -0.2) is 38.4 Å². The molecular formula is C20H22N6O2. The lowest BCUT2D eigenvalue weighted by atomic mass is 9.94. The highest BCUT2D eigenvalue weighted by Gasteiger charge is 2.32. The van der Waals surface area contributed by atoms with Crippen LogP contribution in [0.15, 0.2) is 36.7 Å². The molecule has 2 aromatic heterocycles. The normalized spacial score (nSPS) is 16.9. The van der Waals surface area contributed by atoms with Gasteiger partial charge < -0.3 is 16.0 Å². The molecule has 0 aliphatic carbocycles. The Bertz CT molecular complexity index is 1040. The first kappa shape index (κ1) is 18.0. The van der Waals surface area contributed by atoms with Gasteiger partial charge in [-0.1, -0.05) is 6.07 Å². The minimum atomic E-state index is -0.665. The summed E-state index contributed by atoms with van der Waals surface area (Å²) in [4.78, 5) is 31.2. The number of carbonyl (C=O) groups excluding carboxylic acids is 2. The van der Waals surface area contributed by atoms with Crippen LogP contribution in [0.3, 0.4) is 0 Å². The van der Waals surface area contributed by atoms with E-state index in [1.54, 1.807) is 24.1 Å². The summed E-state index contributed by atoms with van der Waals surface area (Å²) in [5.41, 5.74) is 8.87. The third-order valence-corrected chi connectivity index (χ3v) is 5.18. The molecule has 2 amide bonds. The molecule has 1 saturated heterocycles. The van der Waals surface area contributed by atoms with Gasteiger partial charge in [-0.05, 0) is 55.5 Å². The van der Waals surface area contributed by atoms with Crippen LogP contribution in [0.5, 0.6) is 0 Å². The molecule has 1 aromatic carbocycles. The van der Waals surface area contributed by atoms with Gasteiger partial charge >= 0.3 is 11.8 Å². The Morgan fingerprint density at radius 2 is 2.11 bits per heavy atom. The van der Waals surface area contributed by atoms with Crippen LogP contribution in [0.2, 0.25) is 0 Å². The number of aromatic nitrogens is 3. The number of hydrogen-bond acceptors (Lipinski definition) is 5. The van der Waals surface area contributed by atoms with Gasteiger partial charge in [-0.3, -0.25) is 14.7 Å². The Morgan fingerprint density at radius 1 is 1.25 bits per heavy atom. The van der Waals surface area contributed by atoms with Crippen molar-refractivity contribution < 1.29 is 9.59 Å². The van der Waals surface area contributed by atoms with Crippen LogP contribution in [0.1, 0.15) is 36.4 Å². The minimum absolute atomic E-state index is 0.127. The number of nitrogens with zero attached hydrogens (tertiary/aromatic N) is 3. The molecule has 0 unspecified atom stereocenters. The van der Waals surface area contributed by atoms with Crippen LogP contribution in [0, 0.1) is 6.92 Å². The molecular weight excluding hydrogens is 356 g/mol. The SMILES string of the molecule is Cc1cc(NC(=O)C(=O)N2CCCC[C@H]2c2ccc3[nH]ncc3c2)cnc1N. The van der Waals surface area contributed by atoms with Gasteiger partial charge in [0.1, 0.15) is 5.82 Å². The highest BCUT2D eigenvalue weighted by atomic mass is 16.2. The number of carbonyl (C=O) groups is 2. The topological polar surface area (TPSA) is 117 Å². The Labute approximate surface area is 162 Å². The van der Waals surface area contributed by atoms with Crippen molar-refractivity contribution in [2.24, 2.45) is 0 Å². The number of piperidine rings is 1. The summed E-state index contributed by atoms with van der Waals surface area (Å²) in [6.07, 6.45) is 5.93. The van der Waals surface area contributed by atoms with Crippen LogP contribution >= 0.6 is 0 Å². The Kier molecular flexibility index (Phi) is 4.68. The number of rotatable bonds is 2. The molecule has 1 aliphatic rings. The number of benzene rings is 1. The van der Waals surface area contributed by atoms with E-state index >= 15 is 0 Å². The molecule has 8 nitrogen and oxygen atoms in total. The van der Waals surface area contributed by atoms with E-state index in [0.717, 1.165) is 41.3 Å². The number of nitrogens with two attached hydrogens (primary N) is 1. The second kappa shape index (κ2) is 7.30. The smallest absolute Gasteiger partial charge is 0.313 e. The van der Waals surface area contributed by atoms with Gasteiger partial charge in [-0.2, -0.15) is 5.10 Å². The number of H-pyrrole nitrogens is 1.